The second-order valence-electron chi connectivity index (χ2n) is 4.37. The van der Waals surface area contributed by atoms with Crippen LogP contribution in [0.15, 0.2) is 0 Å². The second kappa shape index (κ2) is 4.43. The maximum absolute atomic E-state index is 3.45. The van der Waals surface area contributed by atoms with Crippen LogP contribution in [0.2, 0.25) is 0 Å². The minimum absolute atomic E-state index is 0.724. The van der Waals surface area contributed by atoms with Crippen LogP contribution in [0, 0.1) is 6.04 Å². The van der Waals surface area contributed by atoms with E-state index in [9.17, 15) is 0 Å². The quantitative estimate of drug-likeness (QED) is 0.663. The molecule has 0 aromatic rings. The van der Waals surface area contributed by atoms with Crippen molar-refractivity contribution in [3.8, 4) is 0 Å². The normalized spacial score (nSPS) is 33.5. The van der Waals surface area contributed by atoms with E-state index < -0.39 is 0 Å². The molecule has 1 saturated heterocycles. The maximum atomic E-state index is 3.45. The van der Waals surface area contributed by atoms with Crippen LogP contribution in [0.4, 0.5) is 0 Å². The van der Waals surface area contributed by atoms with E-state index in [1.165, 1.54) is 51.7 Å². The molecule has 0 aromatic heterocycles. The summed E-state index contributed by atoms with van der Waals surface area (Å²) in [5.41, 5.74) is 0. The predicted octanol–water partition coefficient (Wildman–Crippen LogP) is 1.78. The zero-order valence-corrected chi connectivity index (χ0v) is 8.68. The van der Waals surface area contributed by atoms with Crippen LogP contribution < -0.4 is 5.32 Å². The molecule has 1 heterocycles. The molecule has 2 aliphatic rings. The second-order valence-corrected chi connectivity index (χ2v) is 4.37. The van der Waals surface area contributed by atoms with Gasteiger partial charge in [-0.2, -0.15) is 0 Å². The highest BCUT2D eigenvalue weighted by Crippen LogP contribution is 2.30. The van der Waals surface area contributed by atoms with Crippen LogP contribution in [0.1, 0.15) is 39.0 Å². The molecule has 0 amide bonds. The maximum Gasteiger partial charge on any atom is 0.0397 e. The summed E-state index contributed by atoms with van der Waals surface area (Å²) in [5.74, 6) is 0. The molecule has 75 valence electrons. The molecule has 13 heavy (non-hydrogen) atoms. The lowest BCUT2D eigenvalue weighted by atomic mass is 9.93. The van der Waals surface area contributed by atoms with Crippen LogP contribution in [0.25, 0.3) is 0 Å². The molecular formula is C11H21N2. The van der Waals surface area contributed by atoms with Crippen LogP contribution >= 0.6 is 0 Å². The molecule has 1 unspecified atom stereocenters. The number of piperazine rings is 1. The van der Waals surface area contributed by atoms with E-state index in [2.05, 4.69) is 17.1 Å². The lowest BCUT2D eigenvalue weighted by Crippen LogP contribution is -2.51. The number of hydrogen-bond donors (Lipinski definition) is 1. The Morgan fingerprint density at radius 1 is 1.23 bits per heavy atom. The molecule has 0 spiro atoms. The van der Waals surface area contributed by atoms with Crippen molar-refractivity contribution < 1.29 is 0 Å². The molecule has 0 bridgehead atoms. The Labute approximate surface area is 81.7 Å². The predicted molar refractivity (Wildman–Crippen MR) is 55.4 cm³/mol. The average molecular weight is 181 g/mol. The van der Waals surface area contributed by atoms with E-state index in [1.54, 1.807) is 6.04 Å². The Bertz CT molecular complexity index is 152. The van der Waals surface area contributed by atoms with Gasteiger partial charge in [0.2, 0.25) is 0 Å². The summed E-state index contributed by atoms with van der Waals surface area (Å²) in [6.07, 6.45) is 7.02. The van der Waals surface area contributed by atoms with Crippen molar-refractivity contribution in [1.29, 1.82) is 0 Å². The highest BCUT2D eigenvalue weighted by molar-refractivity contribution is 4.96. The fourth-order valence-corrected chi connectivity index (χ4v) is 2.56. The fourth-order valence-electron chi connectivity index (χ4n) is 2.56. The van der Waals surface area contributed by atoms with E-state index in [4.69, 9.17) is 0 Å². The van der Waals surface area contributed by atoms with Crippen molar-refractivity contribution in [1.82, 2.24) is 10.2 Å². The summed E-state index contributed by atoms with van der Waals surface area (Å²) < 4.78 is 0. The van der Waals surface area contributed by atoms with Gasteiger partial charge in [-0.05, 0) is 19.8 Å². The first-order chi connectivity index (χ1) is 6.38. The zero-order valence-electron chi connectivity index (χ0n) is 8.68. The lowest BCUT2D eigenvalue weighted by molar-refractivity contribution is 0.156. The van der Waals surface area contributed by atoms with Gasteiger partial charge in [-0.25, -0.2) is 0 Å². The van der Waals surface area contributed by atoms with E-state index in [1.807, 2.05) is 0 Å². The zero-order chi connectivity index (χ0) is 9.10. The SMILES string of the molecule is CC1CNCCN1[C]1CCCCC1. The van der Waals surface area contributed by atoms with E-state index in [-0.39, 0.29) is 0 Å². The molecule has 0 aromatic carbocycles. The van der Waals surface area contributed by atoms with Crippen LogP contribution in [-0.2, 0) is 0 Å². The first-order valence-electron chi connectivity index (χ1n) is 5.70. The molecule has 1 aliphatic carbocycles. The van der Waals surface area contributed by atoms with Crippen molar-refractivity contribution in [2.24, 2.45) is 0 Å². The first-order valence-corrected chi connectivity index (χ1v) is 5.70. The molecule has 1 N–H and O–H groups in total. The third-order valence-corrected chi connectivity index (χ3v) is 3.34. The van der Waals surface area contributed by atoms with Gasteiger partial charge in [0.05, 0.1) is 0 Å². The van der Waals surface area contributed by atoms with Gasteiger partial charge in [-0.1, -0.05) is 19.3 Å². The monoisotopic (exact) mass is 181 g/mol. The highest BCUT2D eigenvalue weighted by atomic mass is 15.2. The molecule has 1 aliphatic heterocycles. The summed E-state index contributed by atoms with van der Waals surface area (Å²) in [4.78, 5) is 2.65. The molecule has 2 nitrogen and oxygen atoms in total. The van der Waals surface area contributed by atoms with E-state index in [0.717, 1.165) is 6.04 Å². The Morgan fingerprint density at radius 3 is 2.69 bits per heavy atom. The third-order valence-electron chi connectivity index (χ3n) is 3.34. The lowest BCUT2D eigenvalue weighted by Gasteiger charge is -2.41. The van der Waals surface area contributed by atoms with Crippen LogP contribution in [0.5, 0.6) is 0 Å². The Hall–Kier alpha value is -0.0800. The Morgan fingerprint density at radius 2 is 2.00 bits per heavy atom. The van der Waals surface area contributed by atoms with Gasteiger partial charge >= 0.3 is 0 Å². The minimum atomic E-state index is 0.724. The smallest absolute Gasteiger partial charge is 0.0397 e. The van der Waals surface area contributed by atoms with Crippen molar-refractivity contribution in [2.45, 2.75) is 45.1 Å². The van der Waals surface area contributed by atoms with Crippen molar-refractivity contribution in [3.05, 3.63) is 6.04 Å². The van der Waals surface area contributed by atoms with Gasteiger partial charge < -0.3 is 5.32 Å². The summed E-state index contributed by atoms with van der Waals surface area (Å²) in [7, 11) is 0. The van der Waals surface area contributed by atoms with Gasteiger partial charge in [0.25, 0.3) is 0 Å². The van der Waals surface area contributed by atoms with E-state index >= 15 is 0 Å². The van der Waals surface area contributed by atoms with Gasteiger partial charge in [0.1, 0.15) is 0 Å². The number of hydrogen-bond acceptors (Lipinski definition) is 2. The van der Waals surface area contributed by atoms with Crippen molar-refractivity contribution in [3.63, 3.8) is 0 Å². The summed E-state index contributed by atoms with van der Waals surface area (Å²) in [6.45, 7) is 5.92. The van der Waals surface area contributed by atoms with Gasteiger partial charge in [0.15, 0.2) is 0 Å². The van der Waals surface area contributed by atoms with Gasteiger partial charge in [0, 0.05) is 31.7 Å². The standard InChI is InChI=1S/C11H21N2/c1-10-9-12-7-8-13(10)11-5-3-2-4-6-11/h10,12H,2-9H2,1H3. The van der Waals surface area contributed by atoms with Crippen LogP contribution in [0.3, 0.4) is 0 Å². The average Bonchev–Trinajstić information content (AvgIpc) is 2.20. The largest absolute Gasteiger partial charge is 0.314 e. The third kappa shape index (κ3) is 2.23. The molecule has 2 rings (SSSR count). The molecule has 2 heteroatoms. The molecule has 1 radical (unpaired) electrons. The van der Waals surface area contributed by atoms with Gasteiger partial charge in [-0.15, -0.1) is 0 Å². The molecular weight excluding hydrogens is 160 g/mol. The summed E-state index contributed by atoms with van der Waals surface area (Å²) in [5, 5.41) is 3.45. The van der Waals surface area contributed by atoms with E-state index in [0.29, 0.717) is 0 Å². The Balaban J connectivity index is 1.88. The number of nitrogens with one attached hydrogen (secondary N) is 1. The Kier molecular flexibility index (Phi) is 3.23. The fraction of sp³-hybridized carbons (Fsp3) is 0.909. The molecule has 2 fully saturated rings. The van der Waals surface area contributed by atoms with Crippen molar-refractivity contribution in [2.75, 3.05) is 19.6 Å². The number of rotatable bonds is 1. The first kappa shape index (κ1) is 9.47. The topological polar surface area (TPSA) is 15.3 Å². The molecule has 1 saturated carbocycles. The minimum Gasteiger partial charge on any atom is -0.314 e. The van der Waals surface area contributed by atoms with Crippen molar-refractivity contribution >= 4 is 0 Å². The van der Waals surface area contributed by atoms with Gasteiger partial charge in [-0.3, -0.25) is 4.90 Å². The summed E-state index contributed by atoms with van der Waals surface area (Å²) in [6, 6.07) is 2.46. The van der Waals surface area contributed by atoms with Crippen LogP contribution in [-0.4, -0.2) is 30.6 Å². The molecule has 1 atom stereocenters. The number of nitrogens with zero attached hydrogens (tertiary/aromatic N) is 1. The summed E-state index contributed by atoms with van der Waals surface area (Å²) >= 11 is 0. The highest BCUT2D eigenvalue weighted by Gasteiger charge is 2.27.